The van der Waals surface area contributed by atoms with E-state index in [0.717, 1.165) is 22.9 Å². The van der Waals surface area contributed by atoms with Crippen LogP contribution in [0.25, 0.3) is 0 Å². The third-order valence-corrected chi connectivity index (χ3v) is 3.57. The van der Waals surface area contributed by atoms with Gasteiger partial charge in [-0.15, -0.1) is 0 Å². The Labute approximate surface area is 102 Å². The molecule has 0 spiro atoms. The summed E-state index contributed by atoms with van der Waals surface area (Å²) < 4.78 is 6.51. The van der Waals surface area contributed by atoms with Crippen molar-refractivity contribution in [1.29, 1.82) is 0 Å². The molecule has 1 aliphatic heterocycles. The van der Waals surface area contributed by atoms with Crippen molar-refractivity contribution in [2.45, 2.75) is 32.0 Å². The molecule has 15 heavy (non-hydrogen) atoms. The molecule has 0 aliphatic carbocycles. The molecule has 0 amide bonds. The van der Waals surface area contributed by atoms with Crippen LogP contribution in [0.3, 0.4) is 0 Å². The van der Waals surface area contributed by atoms with Crippen LogP contribution in [-0.4, -0.2) is 11.2 Å². The highest BCUT2D eigenvalue weighted by molar-refractivity contribution is 9.10. The SMILES string of the molecule is CCCC1Oc2c(Cl)ccc(Br)c2C1O. The Morgan fingerprint density at radius 2 is 2.27 bits per heavy atom. The van der Waals surface area contributed by atoms with Gasteiger partial charge in [-0.3, -0.25) is 0 Å². The molecule has 82 valence electrons. The van der Waals surface area contributed by atoms with Crippen molar-refractivity contribution in [2.75, 3.05) is 0 Å². The number of hydrogen-bond acceptors (Lipinski definition) is 2. The molecule has 0 bridgehead atoms. The van der Waals surface area contributed by atoms with E-state index in [4.69, 9.17) is 16.3 Å². The Kier molecular flexibility index (Phi) is 3.24. The summed E-state index contributed by atoms with van der Waals surface area (Å²) >= 11 is 9.42. The molecule has 0 saturated heterocycles. The Morgan fingerprint density at radius 3 is 2.87 bits per heavy atom. The molecule has 2 nitrogen and oxygen atoms in total. The largest absolute Gasteiger partial charge is 0.485 e. The molecule has 1 N–H and O–H groups in total. The van der Waals surface area contributed by atoms with Gasteiger partial charge in [0.1, 0.15) is 18.0 Å². The van der Waals surface area contributed by atoms with Crippen LogP contribution < -0.4 is 4.74 Å². The number of rotatable bonds is 2. The minimum Gasteiger partial charge on any atom is -0.485 e. The highest BCUT2D eigenvalue weighted by Gasteiger charge is 2.35. The standard InChI is InChI=1S/C11H12BrClO2/c1-2-3-8-10(14)9-6(12)4-5-7(13)11(9)15-8/h4-5,8,10,14H,2-3H2,1H3. The minimum absolute atomic E-state index is 0.166. The number of benzene rings is 1. The number of fused-ring (bicyclic) bond motifs is 1. The third-order valence-electron chi connectivity index (χ3n) is 2.59. The summed E-state index contributed by atoms with van der Waals surface area (Å²) in [7, 11) is 0. The molecule has 0 saturated carbocycles. The third kappa shape index (κ3) is 1.88. The van der Waals surface area contributed by atoms with Gasteiger partial charge in [-0.2, -0.15) is 0 Å². The monoisotopic (exact) mass is 290 g/mol. The molecule has 0 aromatic heterocycles. The lowest BCUT2D eigenvalue weighted by molar-refractivity contribution is 0.0614. The first-order valence-corrected chi connectivity index (χ1v) is 6.14. The van der Waals surface area contributed by atoms with Crippen molar-refractivity contribution in [1.82, 2.24) is 0 Å². The van der Waals surface area contributed by atoms with Crippen LogP contribution in [0.5, 0.6) is 5.75 Å². The fraction of sp³-hybridized carbons (Fsp3) is 0.455. The van der Waals surface area contributed by atoms with Crippen LogP contribution >= 0.6 is 27.5 Å². The number of aliphatic hydroxyl groups is 1. The molecule has 1 heterocycles. The summed E-state index contributed by atoms with van der Waals surface area (Å²) in [6, 6.07) is 3.60. The summed E-state index contributed by atoms with van der Waals surface area (Å²) in [5.41, 5.74) is 0.779. The Morgan fingerprint density at radius 1 is 1.53 bits per heavy atom. The Bertz CT molecular complexity index is 381. The molecule has 1 aromatic rings. The van der Waals surface area contributed by atoms with Gasteiger partial charge in [-0.1, -0.05) is 40.9 Å². The van der Waals surface area contributed by atoms with Gasteiger partial charge >= 0.3 is 0 Å². The lowest BCUT2D eigenvalue weighted by Gasteiger charge is -2.12. The van der Waals surface area contributed by atoms with Gasteiger partial charge in [0.05, 0.1) is 5.02 Å². The Balaban J connectivity index is 2.40. The second-order valence-electron chi connectivity index (χ2n) is 3.66. The van der Waals surface area contributed by atoms with Crippen LogP contribution in [0.1, 0.15) is 31.4 Å². The van der Waals surface area contributed by atoms with Gasteiger partial charge in [0.15, 0.2) is 0 Å². The maximum Gasteiger partial charge on any atom is 0.145 e. The molecule has 2 unspecified atom stereocenters. The van der Waals surface area contributed by atoms with Crippen LogP contribution in [0.4, 0.5) is 0 Å². The van der Waals surface area contributed by atoms with Crippen LogP contribution in [-0.2, 0) is 0 Å². The fourth-order valence-electron chi connectivity index (χ4n) is 1.85. The first-order valence-electron chi connectivity index (χ1n) is 4.97. The highest BCUT2D eigenvalue weighted by Crippen LogP contribution is 2.46. The molecule has 2 atom stereocenters. The van der Waals surface area contributed by atoms with Crippen molar-refractivity contribution in [3.05, 3.63) is 27.2 Å². The van der Waals surface area contributed by atoms with Gasteiger partial charge in [-0.25, -0.2) is 0 Å². The summed E-state index contributed by atoms with van der Waals surface area (Å²) in [4.78, 5) is 0. The first-order chi connectivity index (χ1) is 7.15. The molecular weight excluding hydrogens is 279 g/mol. The van der Waals surface area contributed by atoms with Gasteiger partial charge in [0.25, 0.3) is 0 Å². The van der Waals surface area contributed by atoms with Crippen molar-refractivity contribution < 1.29 is 9.84 Å². The number of aliphatic hydroxyl groups excluding tert-OH is 1. The van der Waals surface area contributed by atoms with Crippen LogP contribution in [0.15, 0.2) is 16.6 Å². The van der Waals surface area contributed by atoms with Crippen LogP contribution in [0, 0.1) is 0 Å². The van der Waals surface area contributed by atoms with E-state index in [2.05, 4.69) is 22.9 Å². The number of halogens is 2. The predicted molar refractivity (Wildman–Crippen MR) is 63.4 cm³/mol. The Hall–Kier alpha value is -0.250. The van der Waals surface area contributed by atoms with Gasteiger partial charge in [0.2, 0.25) is 0 Å². The lowest BCUT2D eigenvalue weighted by Crippen LogP contribution is -2.17. The molecule has 0 radical (unpaired) electrons. The first kappa shape index (κ1) is 11.2. The van der Waals surface area contributed by atoms with E-state index in [1.54, 1.807) is 6.07 Å². The maximum absolute atomic E-state index is 10.1. The second-order valence-corrected chi connectivity index (χ2v) is 4.92. The minimum atomic E-state index is -0.576. The van der Waals surface area contributed by atoms with E-state index in [1.165, 1.54) is 0 Å². The van der Waals surface area contributed by atoms with E-state index < -0.39 is 6.10 Å². The average molecular weight is 292 g/mol. The molecular formula is C11H12BrClO2. The highest BCUT2D eigenvalue weighted by atomic mass is 79.9. The molecule has 1 aliphatic rings. The van der Waals surface area contributed by atoms with Crippen molar-refractivity contribution in [3.8, 4) is 5.75 Å². The van der Waals surface area contributed by atoms with Crippen molar-refractivity contribution in [2.24, 2.45) is 0 Å². The maximum atomic E-state index is 10.1. The molecule has 0 fully saturated rings. The number of ether oxygens (including phenoxy) is 1. The zero-order chi connectivity index (χ0) is 11.0. The molecule has 2 rings (SSSR count). The van der Waals surface area contributed by atoms with E-state index in [9.17, 15) is 5.11 Å². The summed E-state index contributed by atoms with van der Waals surface area (Å²) in [5.74, 6) is 0.622. The smallest absolute Gasteiger partial charge is 0.145 e. The van der Waals surface area contributed by atoms with Crippen molar-refractivity contribution >= 4 is 27.5 Å². The summed E-state index contributed by atoms with van der Waals surface area (Å²) in [6.45, 7) is 2.07. The number of hydrogen-bond donors (Lipinski definition) is 1. The zero-order valence-corrected chi connectivity index (χ0v) is 10.7. The predicted octanol–water partition coefficient (Wildman–Crippen LogP) is 3.70. The van der Waals surface area contributed by atoms with Gasteiger partial charge in [0, 0.05) is 10.0 Å². The van der Waals surface area contributed by atoms with Gasteiger partial charge in [-0.05, 0) is 18.6 Å². The summed E-state index contributed by atoms with van der Waals surface area (Å²) in [6.07, 6.45) is 1.07. The summed E-state index contributed by atoms with van der Waals surface area (Å²) in [5, 5.41) is 10.6. The van der Waals surface area contributed by atoms with E-state index in [0.29, 0.717) is 10.8 Å². The zero-order valence-electron chi connectivity index (χ0n) is 8.34. The van der Waals surface area contributed by atoms with Crippen LogP contribution in [0.2, 0.25) is 5.02 Å². The lowest BCUT2D eigenvalue weighted by atomic mass is 10.0. The average Bonchev–Trinajstić information content (AvgIpc) is 2.53. The van der Waals surface area contributed by atoms with E-state index >= 15 is 0 Å². The quantitative estimate of drug-likeness (QED) is 0.900. The topological polar surface area (TPSA) is 29.5 Å². The van der Waals surface area contributed by atoms with E-state index in [-0.39, 0.29) is 6.10 Å². The van der Waals surface area contributed by atoms with Gasteiger partial charge < -0.3 is 9.84 Å². The normalized spacial score (nSPS) is 23.7. The second kappa shape index (κ2) is 4.32. The molecule has 4 heteroatoms. The van der Waals surface area contributed by atoms with E-state index in [1.807, 2.05) is 6.07 Å². The fourth-order valence-corrected chi connectivity index (χ4v) is 2.60. The molecule has 1 aromatic carbocycles. The van der Waals surface area contributed by atoms with Crippen molar-refractivity contribution in [3.63, 3.8) is 0 Å².